The normalized spacial score (nSPS) is 21.0. The molecule has 2 aromatic carbocycles. The Balaban J connectivity index is 1.20. The van der Waals surface area contributed by atoms with Gasteiger partial charge < -0.3 is 24.0 Å². The summed E-state index contributed by atoms with van der Waals surface area (Å²) < 4.78 is 16.9. The molecule has 0 aromatic heterocycles. The first-order chi connectivity index (χ1) is 15.7. The summed E-state index contributed by atoms with van der Waals surface area (Å²) in [5.74, 6) is 2.73. The number of nitrogens with zero attached hydrogens (tertiary/aromatic N) is 3. The van der Waals surface area contributed by atoms with Gasteiger partial charge in [-0.2, -0.15) is 0 Å². The van der Waals surface area contributed by atoms with Gasteiger partial charge in [-0.1, -0.05) is 18.2 Å². The van der Waals surface area contributed by atoms with Crippen LogP contribution in [0.15, 0.2) is 42.5 Å². The number of likely N-dealkylation sites (tertiary alicyclic amines) is 1. The molecule has 0 bridgehead atoms. The van der Waals surface area contributed by atoms with Gasteiger partial charge in [-0.05, 0) is 49.2 Å². The summed E-state index contributed by atoms with van der Waals surface area (Å²) in [5.41, 5.74) is 2.31. The van der Waals surface area contributed by atoms with Gasteiger partial charge in [0.2, 0.25) is 5.91 Å². The molecule has 0 saturated carbocycles. The van der Waals surface area contributed by atoms with E-state index in [1.807, 2.05) is 29.2 Å². The van der Waals surface area contributed by atoms with Crippen molar-refractivity contribution < 1.29 is 19.0 Å². The van der Waals surface area contributed by atoms with Crippen LogP contribution in [-0.2, 0) is 4.79 Å². The second-order valence-electron chi connectivity index (χ2n) is 8.57. The van der Waals surface area contributed by atoms with E-state index in [-0.39, 0.29) is 11.9 Å². The molecule has 170 valence electrons. The number of hydrogen-bond donors (Lipinski definition) is 0. The molecule has 2 fully saturated rings. The van der Waals surface area contributed by atoms with Crippen LogP contribution >= 0.6 is 0 Å². The maximum atomic E-state index is 13.1. The van der Waals surface area contributed by atoms with Crippen LogP contribution in [0.3, 0.4) is 0 Å². The molecule has 2 saturated heterocycles. The molecule has 7 nitrogen and oxygen atoms in total. The first kappa shape index (κ1) is 20.9. The van der Waals surface area contributed by atoms with Crippen molar-refractivity contribution in [2.24, 2.45) is 0 Å². The second-order valence-corrected chi connectivity index (χ2v) is 8.57. The smallest absolute Gasteiger partial charge is 0.236 e. The largest absolute Gasteiger partial charge is 0.495 e. The van der Waals surface area contributed by atoms with Gasteiger partial charge in [0.1, 0.15) is 19.0 Å². The van der Waals surface area contributed by atoms with Crippen molar-refractivity contribution in [1.82, 2.24) is 9.80 Å². The Morgan fingerprint density at radius 3 is 2.59 bits per heavy atom. The van der Waals surface area contributed by atoms with E-state index in [0.717, 1.165) is 68.5 Å². The predicted octanol–water partition coefficient (Wildman–Crippen LogP) is 2.95. The molecule has 1 atom stereocenters. The highest BCUT2D eigenvalue weighted by atomic mass is 16.6. The lowest BCUT2D eigenvalue weighted by Crippen LogP contribution is -2.51. The van der Waals surface area contributed by atoms with Gasteiger partial charge in [-0.3, -0.25) is 9.69 Å². The lowest BCUT2D eigenvalue weighted by molar-refractivity contribution is -0.133. The number of anilines is 1. The maximum absolute atomic E-state index is 13.1. The van der Waals surface area contributed by atoms with E-state index in [1.165, 1.54) is 5.56 Å². The zero-order valence-electron chi connectivity index (χ0n) is 18.7. The van der Waals surface area contributed by atoms with Gasteiger partial charge in [-0.15, -0.1) is 0 Å². The molecule has 3 aliphatic rings. The molecule has 0 aliphatic carbocycles. The number of para-hydroxylation sites is 2. The minimum absolute atomic E-state index is 0.217. The molecule has 5 rings (SSSR count). The van der Waals surface area contributed by atoms with Gasteiger partial charge in [0.05, 0.1) is 19.3 Å². The van der Waals surface area contributed by atoms with Crippen molar-refractivity contribution in [3.05, 3.63) is 48.0 Å². The Morgan fingerprint density at radius 2 is 1.78 bits per heavy atom. The first-order valence-electron chi connectivity index (χ1n) is 11.5. The number of methoxy groups -OCH3 is 1. The van der Waals surface area contributed by atoms with Gasteiger partial charge >= 0.3 is 0 Å². The fourth-order valence-corrected chi connectivity index (χ4v) is 5.02. The summed E-state index contributed by atoms with van der Waals surface area (Å²) in [5, 5.41) is 0. The third kappa shape index (κ3) is 4.21. The third-order valence-electron chi connectivity index (χ3n) is 6.71. The molecule has 0 spiro atoms. The zero-order valence-corrected chi connectivity index (χ0v) is 18.7. The van der Waals surface area contributed by atoms with Crippen molar-refractivity contribution >= 4 is 11.6 Å². The van der Waals surface area contributed by atoms with Crippen molar-refractivity contribution in [3.63, 3.8) is 0 Å². The molecule has 1 unspecified atom stereocenters. The van der Waals surface area contributed by atoms with E-state index in [9.17, 15) is 4.79 Å². The molecule has 0 N–H and O–H groups in total. The average molecular weight is 438 g/mol. The number of fused-ring (bicyclic) bond motifs is 1. The number of piperazine rings is 1. The number of hydrogen-bond acceptors (Lipinski definition) is 6. The van der Waals surface area contributed by atoms with E-state index in [4.69, 9.17) is 14.2 Å². The van der Waals surface area contributed by atoms with Crippen molar-refractivity contribution in [2.75, 3.05) is 64.5 Å². The van der Waals surface area contributed by atoms with Crippen LogP contribution in [-0.4, -0.2) is 75.3 Å². The maximum Gasteiger partial charge on any atom is 0.236 e. The van der Waals surface area contributed by atoms with Crippen LogP contribution in [0.2, 0.25) is 0 Å². The summed E-state index contributed by atoms with van der Waals surface area (Å²) in [6.07, 6.45) is 2.17. The summed E-state index contributed by atoms with van der Waals surface area (Å²) in [6.45, 7) is 5.71. The molecule has 32 heavy (non-hydrogen) atoms. The summed E-state index contributed by atoms with van der Waals surface area (Å²) >= 11 is 0. The lowest BCUT2D eigenvalue weighted by Gasteiger charge is -2.37. The van der Waals surface area contributed by atoms with Crippen LogP contribution in [0.25, 0.3) is 0 Å². The summed E-state index contributed by atoms with van der Waals surface area (Å²) in [6, 6.07) is 14.5. The first-order valence-corrected chi connectivity index (χ1v) is 11.5. The monoisotopic (exact) mass is 437 g/mol. The minimum atomic E-state index is 0.217. The lowest BCUT2D eigenvalue weighted by atomic mass is 10.0. The van der Waals surface area contributed by atoms with E-state index in [2.05, 4.69) is 28.0 Å². The van der Waals surface area contributed by atoms with E-state index in [1.54, 1.807) is 7.11 Å². The van der Waals surface area contributed by atoms with Gasteiger partial charge in [0.15, 0.2) is 11.5 Å². The van der Waals surface area contributed by atoms with Gasteiger partial charge in [0.25, 0.3) is 0 Å². The number of benzene rings is 2. The quantitative estimate of drug-likeness (QED) is 0.717. The number of amides is 1. The number of carbonyl (C=O) groups excluding carboxylic acids is 1. The molecule has 3 heterocycles. The van der Waals surface area contributed by atoms with Crippen LogP contribution in [0, 0.1) is 0 Å². The molecule has 7 heteroatoms. The molecule has 1 amide bonds. The van der Waals surface area contributed by atoms with Crippen LogP contribution < -0.4 is 19.1 Å². The SMILES string of the molecule is COc1ccccc1N1CCN(C(=O)CN2CCCC2c2ccc3c(c2)OCCO3)CC1. The Hall–Kier alpha value is -2.93. The topological polar surface area (TPSA) is 54.5 Å². The Bertz CT molecular complexity index is 958. The van der Waals surface area contributed by atoms with Crippen LogP contribution in [0.1, 0.15) is 24.4 Å². The zero-order chi connectivity index (χ0) is 21.9. The van der Waals surface area contributed by atoms with Crippen molar-refractivity contribution in [2.45, 2.75) is 18.9 Å². The predicted molar refractivity (Wildman–Crippen MR) is 123 cm³/mol. The Morgan fingerprint density at radius 1 is 1.00 bits per heavy atom. The molecular formula is C25H31N3O4. The Kier molecular flexibility index (Phi) is 6.08. The highest BCUT2D eigenvalue weighted by molar-refractivity contribution is 5.79. The Labute approximate surface area is 189 Å². The number of carbonyl (C=O) groups is 1. The van der Waals surface area contributed by atoms with E-state index < -0.39 is 0 Å². The fourth-order valence-electron chi connectivity index (χ4n) is 5.02. The molecule has 3 aliphatic heterocycles. The van der Waals surface area contributed by atoms with Gasteiger partial charge in [-0.25, -0.2) is 0 Å². The standard InChI is InChI=1S/C25H31N3O4/c1-30-22-7-3-2-5-21(22)26-11-13-27(14-12-26)25(29)18-28-10-4-6-20(28)19-8-9-23-24(17-19)32-16-15-31-23/h2-3,5,7-9,17,20H,4,6,10-16,18H2,1H3. The van der Waals surface area contributed by atoms with Crippen molar-refractivity contribution in [1.29, 1.82) is 0 Å². The molecular weight excluding hydrogens is 406 g/mol. The minimum Gasteiger partial charge on any atom is -0.495 e. The van der Waals surface area contributed by atoms with Crippen LogP contribution in [0.4, 0.5) is 5.69 Å². The summed E-state index contributed by atoms with van der Waals surface area (Å²) in [7, 11) is 1.70. The highest BCUT2D eigenvalue weighted by Crippen LogP contribution is 2.38. The van der Waals surface area contributed by atoms with E-state index >= 15 is 0 Å². The van der Waals surface area contributed by atoms with Gasteiger partial charge in [0, 0.05) is 32.2 Å². The second kappa shape index (κ2) is 9.28. The van der Waals surface area contributed by atoms with E-state index in [0.29, 0.717) is 19.8 Å². The average Bonchev–Trinajstić information content (AvgIpc) is 3.32. The third-order valence-corrected chi connectivity index (χ3v) is 6.71. The molecule has 2 aromatic rings. The molecule has 0 radical (unpaired) electrons. The fraction of sp³-hybridized carbons (Fsp3) is 0.480. The van der Waals surface area contributed by atoms with Crippen LogP contribution in [0.5, 0.6) is 17.2 Å². The van der Waals surface area contributed by atoms with Crippen molar-refractivity contribution in [3.8, 4) is 17.2 Å². The number of ether oxygens (including phenoxy) is 3. The summed E-state index contributed by atoms with van der Waals surface area (Å²) in [4.78, 5) is 19.8. The highest BCUT2D eigenvalue weighted by Gasteiger charge is 2.31. The number of rotatable bonds is 5.